The van der Waals surface area contributed by atoms with E-state index in [1.54, 1.807) is 18.2 Å². The van der Waals surface area contributed by atoms with Gasteiger partial charge in [0.05, 0.1) is 6.54 Å². The third-order valence-corrected chi connectivity index (χ3v) is 2.18. The quantitative estimate of drug-likeness (QED) is 0.246. The number of nitrogens with zero attached hydrogens (tertiary/aromatic N) is 1. The molecule has 0 aliphatic carbocycles. The predicted molar refractivity (Wildman–Crippen MR) is 91.5 cm³/mol. The highest BCUT2D eigenvalue weighted by Gasteiger charge is 1.97. The fraction of sp³-hybridized carbons (Fsp3) is 0.357. The summed E-state index contributed by atoms with van der Waals surface area (Å²) in [5.41, 5.74) is 0. The van der Waals surface area contributed by atoms with Crippen LogP contribution in [-0.2, 0) is 0 Å². The van der Waals surface area contributed by atoms with Crippen molar-refractivity contribution in [2.75, 3.05) is 26.2 Å². The Morgan fingerprint density at radius 1 is 1.45 bits per heavy atom. The van der Waals surface area contributed by atoms with Crippen molar-refractivity contribution < 1.29 is 9.13 Å². The third-order valence-electron chi connectivity index (χ3n) is 2.18. The summed E-state index contributed by atoms with van der Waals surface area (Å²) in [4.78, 5) is 4.32. The van der Waals surface area contributed by atoms with E-state index in [0.717, 1.165) is 6.54 Å². The molecule has 0 aliphatic heterocycles. The van der Waals surface area contributed by atoms with Gasteiger partial charge in [-0.3, -0.25) is 0 Å². The highest BCUT2D eigenvalue weighted by molar-refractivity contribution is 14.0. The molecule has 112 valence electrons. The van der Waals surface area contributed by atoms with Gasteiger partial charge in [0.15, 0.2) is 5.96 Å². The molecule has 0 aromatic heterocycles. The number of benzene rings is 1. The summed E-state index contributed by atoms with van der Waals surface area (Å²) in [5.74, 6) is 0.923. The van der Waals surface area contributed by atoms with E-state index in [9.17, 15) is 4.39 Å². The summed E-state index contributed by atoms with van der Waals surface area (Å²) in [5, 5.41) is 6.18. The molecule has 0 unspecified atom stereocenters. The van der Waals surface area contributed by atoms with Crippen LogP contribution in [0.1, 0.15) is 6.92 Å². The van der Waals surface area contributed by atoms with Crippen LogP contribution in [0.15, 0.2) is 41.9 Å². The first-order valence-corrected chi connectivity index (χ1v) is 6.27. The van der Waals surface area contributed by atoms with Crippen LogP contribution in [0.5, 0.6) is 5.75 Å². The van der Waals surface area contributed by atoms with Crippen LogP contribution in [0.25, 0.3) is 0 Å². The lowest BCUT2D eigenvalue weighted by molar-refractivity contribution is 0.326. The minimum Gasteiger partial charge on any atom is -0.492 e. The van der Waals surface area contributed by atoms with Gasteiger partial charge in [-0.2, -0.15) is 0 Å². The highest BCUT2D eigenvalue weighted by atomic mass is 127. The van der Waals surface area contributed by atoms with Crippen LogP contribution in [0, 0.1) is 5.82 Å². The Hall–Kier alpha value is -1.31. The minimum atomic E-state index is -0.304. The van der Waals surface area contributed by atoms with Crippen molar-refractivity contribution in [3.8, 4) is 5.75 Å². The summed E-state index contributed by atoms with van der Waals surface area (Å²) in [6.45, 7) is 7.95. The molecular weight excluding hydrogens is 372 g/mol. The Balaban J connectivity index is 0.00000361. The Bertz CT molecular complexity index is 427. The van der Waals surface area contributed by atoms with Crippen molar-refractivity contribution >= 4 is 29.9 Å². The molecule has 0 heterocycles. The van der Waals surface area contributed by atoms with E-state index in [4.69, 9.17) is 4.74 Å². The van der Waals surface area contributed by atoms with Crippen LogP contribution in [0.2, 0.25) is 0 Å². The molecule has 0 bridgehead atoms. The predicted octanol–water partition coefficient (Wildman–Crippen LogP) is 2.56. The number of nitrogens with one attached hydrogen (secondary N) is 2. The average Bonchev–Trinajstić information content (AvgIpc) is 2.41. The van der Waals surface area contributed by atoms with Gasteiger partial charge in [-0.25, -0.2) is 9.38 Å². The molecule has 1 aromatic rings. The molecule has 0 radical (unpaired) electrons. The lowest BCUT2D eigenvalue weighted by Gasteiger charge is -2.09. The van der Waals surface area contributed by atoms with Gasteiger partial charge in [0, 0.05) is 19.2 Å². The van der Waals surface area contributed by atoms with Crippen molar-refractivity contribution in [2.24, 2.45) is 4.99 Å². The number of hydrogen-bond acceptors (Lipinski definition) is 2. The molecule has 6 heteroatoms. The smallest absolute Gasteiger partial charge is 0.191 e. The van der Waals surface area contributed by atoms with Gasteiger partial charge in [-0.1, -0.05) is 12.1 Å². The van der Waals surface area contributed by atoms with Crippen molar-refractivity contribution in [2.45, 2.75) is 6.92 Å². The van der Waals surface area contributed by atoms with Crippen LogP contribution < -0.4 is 15.4 Å². The van der Waals surface area contributed by atoms with Crippen molar-refractivity contribution in [3.63, 3.8) is 0 Å². The number of rotatable bonds is 7. The maximum Gasteiger partial charge on any atom is 0.191 e. The second-order valence-corrected chi connectivity index (χ2v) is 3.74. The van der Waals surface area contributed by atoms with Gasteiger partial charge in [0.25, 0.3) is 0 Å². The second-order valence-electron chi connectivity index (χ2n) is 3.74. The van der Waals surface area contributed by atoms with E-state index >= 15 is 0 Å². The number of ether oxygens (including phenoxy) is 1. The lowest BCUT2D eigenvalue weighted by Crippen LogP contribution is -2.37. The zero-order chi connectivity index (χ0) is 13.9. The topological polar surface area (TPSA) is 45.7 Å². The van der Waals surface area contributed by atoms with E-state index in [0.29, 0.717) is 31.4 Å². The SMILES string of the molecule is C=CCNC(=NCCOc1cccc(F)c1)NCC.I. The van der Waals surface area contributed by atoms with Gasteiger partial charge in [0.2, 0.25) is 0 Å². The van der Waals surface area contributed by atoms with Crippen molar-refractivity contribution in [1.29, 1.82) is 0 Å². The first kappa shape index (κ1) is 18.7. The number of hydrogen-bond donors (Lipinski definition) is 2. The van der Waals surface area contributed by atoms with Crippen molar-refractivity contribution in [1.82, 2.24) is 10.6 Å². The van der Waals surface area contributed by atoms with Gasteiger partial charge < -0.3 is 15.4 Å². The van der Waals surface area contributed by atoms with Gasteiger partial charge in [-0.05, 0) is 19.1 Å². The summed E-state index contributed by atoms with van der Waals surface area (Å²) in [7, 11) is 0. The largest absolute Gasteiger partial charge is 0.492 e. The first-order chi connectivity index (χ1) is 9.26. The molecule has 1 aromatic carbocycles. The molecule has 0 spiro atoms. The third kappa shape index (κ3) is 7.98. The molecular formula is C14H21FIN3O. The highest BCUT2D eigenvalue weighted by Crippen LogP contribution is 2.11. The number of guanidine groups is 1. The summed E-state index contributed by atoms with van der Waals surface area (Å²) < 4.78 is 18.3. The van der Waals surface area contributed by atoms with Crippen molar-refractivity contribution in [3.05, 3.63) is 42.7 Å². The van der Waals surface area contributed by atoms with E-state index in [-0.39, 0.29) is 29.8 Å². The molecule has 0 amide bonds. The fourth-order valence-electron chi connectivity index (χ4n) is 1.39. The minimum absolute atomic E-state index is 0. The maximum atomic E-state index is 12.9. The average molecular weight is 393 g/mol. The Kier molecular flexibility index (Phi) is 10.8. The maximum absolute atomic E-state index is 12.9. The number of halogens is 2. The van der Waals surface area contributed by atoms with Gasteiger partial charge in [0.1, 0.15) is 18.2 Å². The molecule has 20 heavy (non-hydrogen) atoms. The Morgan fingerprint density at radius 3 is 2.90 bits per heavy atom. The lowest BCUT2D eigenvalue weighted by atomic mass is 10.3. The molecule has 0 aliphatic rings. The Morgan fingerprint density at radius 2 is 2.25 bits per heavy atom. The summed E-state index contributed by atoms with van der Waals surface area (Å²) >= 11 is 0. The zero-order valence-electron chi connectivity index (χ0n) is 11.6. The van der Waals surface area contributed by atoms with Crippen LogP contribution in [0.3, 0.4) is 0 Å². The molecule has 4 nitrogen and oxygen atoms in total. The molecule has 2 N–H and O–H groups in total. The summed E-state index contributed by atoms with van der Waals surface area (Å²) in [6.07, 6.45) is 1.76. The molecule has 0 atom stereocenters. The van der Waals surface area contributed by atoms with Crippen LogP contribution in [0.4, 0.5) is 4.39 Å². The van der Waals surface area contributed by atoms with E-state index in [1.165, 1.54) is 12.1 Å². The Labute approximate surface area is 136 Å². The van der Waals surface area contributed by atoms with Crippen LogP contribution >= 0.6 is 24.0 Å². The molecule has 1 rings (SSSR count). The first-order valence-electron chi connectivity index (χ1n) is 6.27. The monoisotopic (exact) mass is 393 g/mol. The zero-order valence-corrected chi connectivity index (χ0v) is 13.9. The molecule has 0 fully saturated rings. The van der Waals surface area contributed by atoms with Crippen LogP contribution in [-0.4, -0.2) is 32.2 Å². The van der Waals surface area contributed by atoms with E-state index in [2.05, 4.69) is 22.2 Å². The van der Waals surface area contributed by atoms with E-state index < -0.39 is 0 Å². The molecule has 0 saturated carbocycles. The second kappa shape index (κ2) is 11.5. The standard InChI is InChI=1S/C14H20FN3O.HI/c1-3-8-17-14(16-4-2)18-9-10-19-13-7-5-6-12(15)11-13;/h3,5-7,11H,1,4,8-10H2,2H3,(H2,16,17,18);1H. The number of aliphatic imine (C=N–C) groups is 1. The van der Waals surface area contributed by atoms with Gasteiger partial charge >= 0.3 is 0 Å². The fourth-order valence-corrected chi connectivity index (χ4v) is 1.39. The van der Waals surface area contributed by atoms with E-state index in [1.807, 2.05) is 6.92 Å². The molecule has 0 saturated heterocycles. The summed E-state index contributed by atoms with van der Waals surface area (Å²) in [6, 6.07) is 6.07. The van der Waals surface area contributed by atoms with Gasteiger partial charge in [-0.15, -0.1) is 30.6 Å². The normalized spacial score (nSPS) is 10.4.